The number of amides is 1. The van der Waals surface area contributed by atoms with Crippen molar-refractivity contribution in [2.24, 2.45) is 0 Å². The van der Waals surface area contributed by atoms with Gasteiger partial charge >= 0.3 is 5.97 Å². The summed E-state index contributed by atoms with van der Waals surface area (Å²) in [5, 5.41) is 11.9. The van der Waals surface area contributed by atoms with E-state index in [4.69, 9.17) is 0 Å². The third-order valence-corrected chi connectivity index (χ3v) is 2.32. The van der Waals surface area contributed by atoms with Crippen LogP contribution in [-0.4, -0.2) is 40.0 Å². The Hall–Kier alpha value is -2.57. The number of hydrogen-bond acceptors (Lipinski definition) is 5. The fourth-order valence-corrected chi connectivity index (χ4v) is 1.42. The second kappa shape index (κ2) is 4.74. The van der Waals surface area contributed by atoms with Crippen molar-refractivity contribution >= 4 is 17.5 Å². The maximum atomic E-state index is 11.7. The molecule has 0 bridgehead atoms. The van der Waals surface area contributed by atoms with Crippen LogP contribution in [0.25, 0.3) is 5.65 Å². The summed E-state index contributed by atoms with van der Waals surface area (Å²) in [6.07, 6.45) is 3.11. The van der Waals surface area contributed by atoms with Crippen LogP contribution in [0.2, 0.25) is 0 Å². The van der Waals surface area contributed by atoms with Gasteiger partial charge in [0.1, 0.15) is 12.2 Å². The lowest BCUT2D eigenvalue weighted by molar-refractivity contribution is -0.139. The van der Waals surface area contributed by atoms with E-state index in [1.54, 1.807) is 12.3 Å². The molecule has 18 heavy (non-hydrogen) atoms. The maximum Gasteiger partial charge on any atom is 0.325 e. The molecule has 1 amide bonds. The number of rotatable bonds is 3. The molecule has 0 spiro atoms. The predicted molar refractivity (Wildman–Crippen MR) is 61.2 cm³/mol. The van der Waals surface area contributed by atoms with Gasteiger partial charge in [0.2, 0.25) is 0 Å². The van der Waals surface area contributed by atoms with E-state index in [9.17, 15) is 14.7 Å². The second-order valence-corrected chi connectivity index (χ2v) is 3.51. The summed E-state index contributed by atoms with van der Waals surface area (Å²) in [6, 6.07) is 3.10. The molecule has 2 N–H and O–H groups in total. The summed E-state index contributed by atoms with van der Waals surface area (Å²) in [4.78, 5) is 26.5. The van der Waals surface area contributed by atoms with E-state index in [0.717, 1.165) is 0 Å². The first-order valence-corrected chi connectivity index (χ1v) is 5.13. The number of nitrogens with one attached hydrogen (secondary N) is 1. The predicted octanol–water partition coefficient (Wildman–Crippen LogP) is -0.0573. The lowest BCUT2D eigenvalue weighted by Crippen LogP contribution is -2.30. The van der Waals surface area contributed by atoms with Crippen LogP contribution in [0, 0.1) is 0 Å². The van der Waals surface area contributed by atoms with E-state index in [0.29, 0.717) is 0 Å². The zero-order valence-electron chi connectivity index (χ0n) is 9.58. The van der Waals surface area contributed by atoms with Crippen molar-refractivity contribution in [2.45, 2.75) is 0 Å². The number of carbonyl (C=O) groups is 2. The van der Waals surface area contributed by atoms with Gasteiger partial charge in [-0.1, -0.05) is 0 Å². The smallest absolute Gasteiger partial charge is 0.325 e. The summed E-state index contributed by atoms with van der Waals surface area (Å²) in [5.74, 6) is -1.08. The molecule has 0 atom stereocenters. The number of carbonyl (C=O) groups excluding carboxylic acids is 2. The number of ether oxygens (including phenoxy) is 1. The number of hydrogen-bond donors (Lipinski definition) is 2. The Bertz CT molecular complexity index is 605. The number of nitrogens with zero attached hydrogens (tertiary/aromatic N) is 2. The van der Waals surface area contributed by atoms with E-state index in [1.807, 2.05) is 0 Å². The van der Waals surface area contributed by atoms with Crippen molar-refractivity contribution < 1.29 is 19.4 Å². The Kier molecular flexibility index (Phi) is 3.13. The Morgan fingerprint density at radius 3 is 3.00 bits per heavy atom. The van der Waals surface area contributed by atoms with E-state index in [1.165, 1.54) is 23.8 Å². The quantitative estimate of drug-likeness (QED) is 0.743. The van der Waals surface area contributed by atoms with Crippen molar-refractivity contribution in [1.82, 2.24) is 14.7 Å². The van der Waals surface area contributed by atoms with Gasteiger partial charge in [-0.25, -0.2) is 4.98 Å². The largest absolute Gasteiger partial charge is 0.504 e. The van der Waals surface area contributed by atoms with Crippen LogP contribution in [0.5, 0.6) is 5.75 Å². The van der Waals surface area contributed by atoms with Crippen LogP contribution in [-0.2, 0) is 9.53 Å². The molecule has 2 aromatic heterocycles. The molecule has 2 heterocycles. The molecule has 0 radical (unpaired) electrons. The van der Waals surface area contributed by atoms with Gasteiger partial charge in [-0.15, -0.1) is 0 Å². The summed E-state index contributed by atoms with van der Waals surface area (Å²) in [6.45, 7) is -0.227. The first kappa shape index (κ1) is 11.9. The van der Waals surface area contributed by atoms with Gasteiger partial charge in [-0.05, 0) is 12.1 Å². The Balaban J connectivity index is 2.18. The Morgan fingerprint density at radius 2 is 2.33 bits per heavy atom. The Morgan fingerprint density at radius 1 is 1.56 bits per heavy atom. The van der Waals surface area contributed by atoms with Crippen molar-refractivity contribution in [3.8, 4) is 5.75 Å². The highest BCUT2D eigenvalue weighted by molar-refractivity contribution is 5.94. The van der Waals surface area contributed by atoms with Gasteiger partial charge in [-0.3, -0.25) is 9.59 Å². The fraction of sp³-hybridized carbons (Fsp3) is 0.182. The summed E-state index contributed by atoms with van der Waals surface area (Å²) in [5.41, 5.74) is 0.390. The average Bonchev–Trinajstić information content (AvgIpc) is 2.81. The van der Waals surface area contributed by atoms with E-state index in [2.05, 4.69) is 15.0 Å². The van der Waals surface area contributed by atoms with Crippen molar-refractivity contribution in [3.05, 3.63) is 30.2 Å². The molecule has 94 valence electrons. The van der Waals surface area contributed by atoms with Gasteiger partial charge in [0.25, 0.3) is 5.91 Å². The molecule has 0 aliphatic heterocycles. The number of pyridine rings is 1. The normalized spacial score (nSPS) is 10.3. The van der Waals surface area contributed by atoms with Gasteiger partial charge < -0.3 is 19.6 Å². The van der Waals surface area contributed by atoms with Gasteiger partial charge in [0, 0.05) is 12.4 Å². The maximum absolute atomic E-state index is 11.7. The SMILES string of the molecule is COC(=O)CNC(=O)c1cn2cccc(O)c2n1. The minimum atomic E-state index is -0.546. The van der Waals surface area contributed by atoms with E-state index in [-0.39, 0.29) is 23.6 Å². The zero-order chi connectivity index (χ0) is 13.1. The molecule has 2 aromatic rings. The van der Waals surface area contributed by atoms with Crippen LogP contribution >= 0.6 is 0 Å². The summed E-state index contributed by atoms with van der Waals surface area (Å²) < 4.78 is 5.91. The molecule has 0 saturated heterocycles. The minimum absolute atomic E-state index is 0.0236. The minimum Gasteiger partial charge on any atom is -0.504 e. The number of aromatic hydroxyl groups is 1. The number of methoxy groups -OCH3 is 1. The van der Waals surface area contributed by atoms with Crippen molar-refractivity contribution in [3.63, 3.8) is 0 Å². The average molecular weight is 249 g/mol. The first-order chi connectivity index (χ1) is 8.61. The summed E-state index contributed by atoms with van der Waals surface area (Å²) in [7, 11) is 1.23. The van der Waals surface area contributed by atoms with E-state index >= 15 is 0 Å². The molecule has 0 fully saturated rings. The second-order valence-electron chi connectivity index (χ2n) is 3.51. The highest BCUT2D eigenvalue weighted by Crippen LogP contribution is 2.16. The first-order valence-electron chi connectivity index (χ1n) is 5.13. The molecule has 0 saturated carbocycles. The summed E-state index contributed by atoms with van der Waals surface area (Å²) >= 11 is 0. The van der Waals surface area contributed by atoms with Crippen molar-refractivity contribution in [2.75, 3.05) is 13.7 Å². The molecule has 7 heteroatoms. The molecular weight excluding hydrogens is 238 g/mol. The van der Waals surface area contributed by atoms with Gasteiger partial charge in [0.05, 0.1) is 7.11 Å². The molecule has 0 aliphatic rings. The van der Waals surface area contributed by atoms with Crippen molar-refractivity contribution in [1.29, 1.82) is 0 Å². The highest BCUT2D eigenvalue weighted by atomic mass is 16.5. The fourth-order valence-electron chi connectivity index (χ4n) is 1.42. The lowest BCUT2D eigenvalue weighted by atomic mass is 10.4. The third-order valence-electron chi connectivity index (χ3n) is 2.32. The molecule has 0 aromatic carbocycles. The lowest BCUT2D eigenvalue weighted by Gasteiger charge is -2.00. The van der Waals surface area contributed by atoms with Crippen LogP contribution in [0.1, 0.15) is 10.5 Å². The van der Waals surface area contributed by atoms with Crippen LogP contribution < -0.4 is 5.32 Å². The number of aromatic nitrogens is 2. The molecule has 0 aliphatic carbocycles. The molecule has 2 rings (SSSR count). The van der Waals surface area contributed by atoms with E-state index < -0.39 is 11.9 Å². The van der Waals surface area contributed by atoms with Crippen LogP contribution in [0.15, 0.2) is 24.5 Å². The number of esters is 1. The monoisotopic (exact) mass is 249 g/mol. The topological polar surface area (TPSA) is 92.9 Å². The Labute approximate surface area is 102 Å². The standard InChI is InChI=1S/C11H11N3O4/c1-18-9(16)5-12-11(17)7-6-14-4-2-3-8(15)10(14)13-7/h2-4,6,15H,5H2,1H3,(H,12,17). The van der Waals surface area contributed by atoms with Crippen LogP contribution in [0.4, 0.5) is 0 Å². The zero-order valence-corrected chi connectivity index (χ0v) is 9.58. The third kappa shape index (κ3) is 2.24. The number of imidazole rings is 1. The highest BCUT2D eigenvalue weighted by Gasteiger charge is 2.13. The number of fused-ring (bicyclic) bond motifs is 1. The van der Waals surface area contributed by atoms with Gasteiger partial charge in [0.15, 0.2) is 11.4 Å². The van der Waals surface area contributed by atoms with Crippen LogP contribution in [0.3, 0.4) is 0 Å². The molecule has 7 nitrogen and oxygen atoms in total. The molecular formula is C11H11N3O4. The molecule has 0 unspecified atom stereocenters. The van der Waals surface area contributed by atoms with Gasteiger partial charge in [-0.2, -0.15) is 0 Å².